The molecule has 216 valence electrons. The number of H-pyrrole nitrogens is 1. The van der Waals surface area contributed by atoms with Crippen LogP contribution in [0.15, 0.2) is 24.3 Å². The summed E-state index contributed by atoms with van der Waals surface area (Å²) in [5.41, 5.74) is 1.19. The van der Waals surface area contributed by atoms with Crippen LogP contribution in [0, 0.1) is 0 Å². The fraction of sp³-hybridized carbons (Fsp3) is 0.645. The fourth-order valence-electron chi connectivity index (χ4n) is 6.50. The summed E-state index contributed by atoms with van der Waals surface area (Å²) in [6.07, 6.45) is 4.51. The van der Waals surface area contributed by atoms with Gasteiger partial charge < -0.3 is 29.0 Å². The molecule has 1 aromatic carbocycles. The van der Waals surface area contributed by atoms with Gasteiger partial charge >= 0.3 is 12.2 Å². The summed E-state index contributed by atoms with van der Waals surface area (Å²) >= 11 is 0. The van der Waals surface area contributed by atoms with Gasteiger partial charge in [0.05, 0.1) is 11.4 Å². The van der Waals surface area contributed by atoms with Crippen molar-refractivity contribution in [2.45, 2.75) is 108 Å². The molecule has 0 radical (unpaired) electrons. The molecule has 4 heterocycles. The van der Waals surface area contributed by atoms with Crippen LogP contribution in [0.1, 0.15) is 97.5 Å². The third-order valence-electron chi connectivity index (χ3n) is 8.58. The van der Waals surface area contributed by atoms with E-state index in [-0.39, 0.29) is 23.6 Å². The van der Waals surface area contributed by atoms with E-state index in [1.807, 2.05) is 64.6 Å². The van der Waals surface area contributed by atoms with Crippen molar-refractivity contribution < 1.29 is 23.8 Å². The average molecular weight is 551 g/mol. The molecule has 2 saturated heterocycles. The number of carbonyl (C=O) groups is 2. The lowest BCUT2D eigenvalue weighted by molar-refractivity contribution is -0.0236. The summed E-state index contributed by atoms with van der Waals surface area (Å²) in [6, 6.07) is 8.08. The number of carbonyl (C=O) groups excluding carboxylic acids is 2. The van der Waals surface area contributed by atoms with Crippen molar-refractivity contribution in [3.05, 3.63) is 35.8 Å². The minimum atomic E-state index is -0.581. The van der Waals surface area contributed by atoms with Crippen LogP contribution >= 0.6 is 0 Å². The Labute approximate surface area is 236 Å². The topological polar surface area (TPSA) is 97.0 Å². The highest BCUT2D eigenvalue weighted by atomic mass is 16.6. The standard InChI is InChI=1S/C31H42N4O5/c1-28(2,3)39-26(36)34-17-14-31(15-18-34)24-23(21-9-7-8-10-22(21)38-31)32-25(33-24)20-11-16-35(30(19-20)12-13-30)27(37)40-29(4,5)6/h7-10,20H,11-19H2,1-6H3,(H,32,33). The normalized spacial score (nSPS) is 22.8. The largest absolute Gasteiger partial charge is 0.480 e. The third kappa shape index (κ3) is 4.92. The van der Waals surface area contributed by atoms with Crippen LogP contribution in [-0.2, 0) is 15.1 Å². The van der Waals surface area contributed by atoms with Crippen LogP contribution in [0.5, 0.6) is 5.75 Å². The first kappa shape index (κ1) is 27.0. The number of likely N-dealkylation sites (tertiary alicyclic amines) is 2. The maximum absolute atomic E-state index is 13.0. The van der Waals surface area contributed by atoms with Crippen LogP contribution in [0.2, 0.25) is 0 Å². The molecule has 6 rings (SSSR count). The number of nitrogens with zero attached hydrogens (tertiary/aromatic N) is 3. The molecule has 1 unspecified atom stereocenters. The van der Waals surface area contributed by atoms with E-state index >= 15 is 0 Å². The number of benzene rings is 1. The number of aromatic amines is 1. The molecule has 1 N–H and O–H groups in total. The monoisotopic (exact) mass is 550 g/mol. The molecule has 9 heteroatoms. The van der Waals surface area contributed by atoms with Crippen molar-refractivity contribution in [2.24, 2.45) is 0 Å². The van der Waals surface area contributed by atoms with Gasteiger partial charge in [0.1, 0.15) is 22.8 Å². The van der Waals surface area contributed by atoms with E-state index < -0.39 is 16.8 Å². The maximum atomic E-state index is 13.0. The van der Waals surface area contributed by atoms with E-state index in [2.05, 4.69) is 11.1 Å². The SMILES string of the molecule is CC(C)(C)OC(=O)N1CCC2(CC1)Oc1ccccc1-c1nc(C3CCN(C(=O)OC(C)(C)C)C4(CC4)C3)[nH]c12. The number of imidazole rings is 1. The molecule has 1 aromatic heterocycles. The molecule has 1 atom stereocenters. The Hall–Kier alpha value is -3.23. The fourth-order valence-corrected chi connectivity index (χ4v) is 6.50. The molecule has 2 amide bonds. The van der Waals surface area contributed by atoms with Gasteiger partial charge in [-0.2, -0.15) is 0 Å². The minimum Gasteiger partial charge on any atom is -0.480 e. The number of piperidine rings is 2. The van der Waals surface area contributed by atoms with Gasteiger partial charge in [-0.3, -0.25) is 0 Å². The lowest BCUT2D eigenvalue weighted by atomic mass is 9.83. The summed E-state index contributed by atoms with van der Waals surface area (Å²) < 4.78 is 18.1. The van der Waals surface area contributed by atoms with Gasteiger partial charge in [-0.05, 0) is 79.4 Å². The van der Waals surface area contributed by atoms with Gasteiger partial charge in [0.25, 0.3) is 0 Å². The number of rotatable bonds is 1. The molecule has 0 bridgehead atoms. The number of amides is 2. The predicted molar refractivity (Wildman–Crippen MR) is 150 cm³/mol. The van der Waals surface area contributed by atoms with Crippen LogP contribution in [-0.4, -0.2) is 68.3 Å². The molecule has 4 aliphatic rings. The maximum Gasteiger partial charge on any atom is 0.410 e. The third-order valence-corrected chi connectivity index (χ3v) is 8.58. The predicted octanol–water partition coefficient (Wildman–Crippen LogP) is 6.34. The van der Waals surface area contributed by atoms with E-state index in [1.165, 1.54) is 0 Å². The van der Waals surface area contributed by atoms with Gasteiger partial charge in [0, 0.05) is 49.5 Å². The quantitative estimate of drug-likeness (QED) is 0.445. The van der Waals surface area contributed by atoms with E-state index in [4.69, 9.17) is 19.2 Å². The lowest BCUT2D eigenvalue weighted by Gasteiger charge is -2.43. The Morgan fingerprint density at radius 3 is 2.25 bits per heavy atom. The first-order chi connectivity index (χ1) is 18.8. The summed E-state index contributed by atoms with van der Waals surface area (Å²) in [5, 5.41) is 0. The highest BCUT2D eigenvalue weighted by Crippen LogP contribution is 2.54. The highest BCUT2D eigenvalue weighted by Gasteiger charge is 2.55. The van der Waals surface area contributed by atoms with Crippen molar-refractivity contribution in [1.82, 2.24) is 19.8 Å². The Morgan fingerprint density at radius 1 is 0.950 bits per heavy atom. The van der Waals surface area contributed by atoms with Crippen LogP contribution < -0.4 is 4.74 Å². The lowest BCUT2D eigenvalue weighted by Crippen LogP contribution is -2.50. The molecule has 3 fully saturated rings. The second-order valence-corrected chi connectivity index (χ2v) is 14.0. The van der Waals surface area contributed by atoms with E-state index in [0.717, 1.165) is 54.2 Å². The van der Waals surface area contributed by atoms with Crippen molar-refractivity contribution in [3.8, 4) is 17.0 Å². The Bertz CT molecular complexity index is 1310. The summed E-state index contributed by atoms with van der Waals surface area (Å²) in [7, 11) is 0. The Kier molecular flexibility index (Phi) is 6.16. The average Bonchev–Trinajstić information content (AvgIpc) is 3.45. The molecule has 1 saturated carbocycles. The van der Waals surface area contributed by atoms with Crippen molar-refractivity contribution in [2.75, 3.05) is 19.6 Å². The zero-order valence-corrected chi connectivity index (χ0v) is 24.6. The first-order valence-electron chi connectivity index (χ1n) is 14.6. The molecule has 40 heavy (non-hydrogen) atoms. The molecule has 9 nitrogen and oxygen atoms in total. The number of hydrogen-bond acceptors (Lipinski definition) is 6. The van der Waals surface area contributed by atoms with Crippen LogP contribution in [0.25, 0.3) is 11.3 Å². The summed E-state index contributed by atoms with van der Waals surface area (Å²) in [4.78, 5) is 38.4. The zero-order chi connectivity index (χ0) is 28.5. The molecule has 1 aliphatic carbocycles. The molecular formula is C31H42N4O5. The highest BCUT2D eigenvalue weighted by molar-refractivity contribution is 5.73. The number of nitrogens with one attached hydrogen (secondary N) is 1. The van der Waals surface area contributed by atoms with Crippen molar-refractivity contribution in [3.63, 3.8) is 0 Å². The number of hydrogen-bond donors (Lipinski definition) is 1. The van der Waals surface area contributed by atoms with Gasteiger partial charge in [0.2, 0.25) is 0 Å². The second-order valence-electron chi connectivity index (χ2n) is 14.0. The zero-order valence-electron chi connectivity index (χ0n) is 24.6. The number of fused-ring (bicyclic) bond motifs is 4. The van der Waals surface area contributed by atoms with E-state index in [9.17, 15) is 9.59 Å². The second kappa shape index (κ2) is 9.14. The van der Waals surface area contributed by atoms with E-state index in [1.54, 1.807) is 4.90 Å². The van der Waals surface area contributed by atoms with Gasteiger partial charge in [-0.1, -0.05) is 12.1 Å². The van der Waals surface area contributed by atoms with E-state index in [0.29, 0.717) is 32.5 Å². The van der Waals surface area contributed by atoms with Crippen LogP contribution in [0.4, 0.5) is 9.59 Å². The number of aromatic nitrogens is 2. The van der Waals surface area contributed by atoms with Gasteiger partial charge in [-0.25, -0.2) is 14.6 Å². The van der Waals surface area contributed by atoms with Crippen molar-refractivity contribution >= 4 is 12.2 Å². The van der Waals surface area contributed by atoms with Gasteiger partial charge in [0.15, 0.2) is 5.60 Å². The summed E-state index contributed by atoms with van der Waals surface area (Å²) in [5.74, 6) is 2.02. The molecular weight excluding hydrogens is 508 g/mol. The molecule has 3 aliphatic heterocycles. The van der Waals surface area contributed by atoms with Gasteiger partial charge in [-0.15, -0.1) is 0 Å². The number of ether oxygens (including phenoxy) is 3. The smallest absolute Gasteiger partial charge is 0.410 e. The Morgan fingerprint density at radius 2 is 1.60 bits per heavy atom. The van der Waals surface area contributed by atoms with Crippen molar-refractivity contribution in [1.29, 1.82) is 0 Å². The Balaban J connectivity index is 1.25. The van der Waals surface area contributed by atoms with Crippen LogP contribution in [0.3, 0.4) is 0 Å². The molecule has 2 spiro atoms. The first-order valence-corrected chi connectivity index (χ1v) is 14.6. The molecule has 2 aromatic rings. The minimum absolute atomic E-state index is 0.136. The summed E-state index contributed by atoms with van der Waals surface area (Å²) in [6.45, 7) is 13.2. The number of para-hydroxylation sites is 1.